The maximum Gasteiger partial charge on any atom is 0.408 e. The molecule has 1 saturated carbocycles. The van der Waals surface area contributed by atoms with Crippen LogP contribution in [0.25, 0.3) is 0 Å². The average molecular weight is 368 g/mol. The number of nitrogens with one attached hydrogen (secondary N) is 1. The number of alkyl carbamates (subject to hydrolysis) is 1. The summed E-state index contributed by atoms with van der Waals surface area (Å²) in [5, 5.41) is 12.3. The summed E-state index contributed by atoms with van der Waals surface area (Å²) in [6, 6.07) is -1.70. The molecule has 2 amide bonds. The molecule has 4 atom stereocenters. The minimum Gasteiger partial charge on any atom is -0.480 e. The molecule has 1 aliphatic heterocycles. The summed E-state index contributed by atoms with van der Waals surface area (Å²) in [7, 11) is 0. The number of fused-ring (bicyclic) bond motifs is 1. The molecule has 7 nitrogen and oxygen atoms in total. The Morgan fingerprint density at radius 3 is 2.12 bits per heavy atom. The maximum atomic E-state index is 13.2. The second-order valence-electron chi connectivity index (χ2n) is 10.2. The highest BCUT2D eigenvalue weighted by Gasteiger charge is 2.70. The van der Waals surface area contributed by atoms with Crippen molar-refractivity contribution in [3.8, 4) is 0 Å². The standard InChI is InChI=1S/C19H32N2O5/c1-17(2,3)13(20-16(25)26-18(4,5)6)14(22)21-9-10-11(19(10,7)8)12(21)15(23)24/h10-13H,9H2,1-8H3,(H,20,25)(H,23,24). The summed E-state index contributed by atoms with van der Waals surface area (Å²) < 4.78 is 5.28. The minimum atomic E-state index is -0.985. The van der Waals surface area contributed by atoms with Crippen LogP contribution in [-0.2, 0) is 14.3 Å². The van der Waals surface area contributed by atoms with Gasteiger partial charge in [-0.15, -0.1) is 0 Å². The Morgan fingerprint density at radius 1 is 1.15 bits per heavy atom. The van der Waals surface area contributed by atoms with Gasteiger partial charge in [-0.25, -0.2) is 9.59 Å². The molecule has 0 aromatic carbocycles. The summed E-state index contributed by atoms with van der Waals surface area (Å²) in [6.45, 7) is 15.2. The smallest absolute Gasteiger partial charge is 0.408 e. The van der Waals surface area contributed by atoms with Gasteiger partial charge in [0.05, 0.1) is 0 Å². The summed E-state index contributed by atoms with van der Waals surface area (Å²) in [6.07, 6.45) is -0.678. The zero-order valence-corrected chi connectivity index (χ0v) is 17.0. The van der Waals surface area contributed by atoms with Crippen molar-refractivity contribution in [2.75, 3.05) is 6.54 Å². The van der Waals surface area contributed by atoms with Crippen molar-refractivity contribution in [2.45, 2.75) is 73.1 Å². The third-order valence-electron chi connectivity index (χ3n) is 5.52. The number of carboxylic acid groups (broad SMARTS) is 1. The van der Waals surface area contributed by atoms with Crippen LogP contribution in [0.1, 0.15) is 55.4 Å². The Bertz CT molecular complexity index is 614. The first kappa shape index (κ1) is 20.5. The van der Waals surface area contributed by atoms with E-state index in [1.165, 1.54) is 4.90 Å². The van der Waals surface area contributed by atoms with Crippen molar-refractivity contribution in [1.82, 2.24) is 10.2 Å². The number of ether oxygens (including phenoxy) is 1. The lowest BCUT2D eigenvalue weighted by molar-refractivity contribution is -0.152. The average Bonchev–Trinajstić information content (AvgIpc) is 2.81. The number of carbonyl (C=O) groups is 3. The van der Waals surface area contributed by atoms with Gasteiger partial charge in [0.25, 0.3) is 0 Å². The van der Waals surface area contributed by atoms with Crippen LogP contribution >= 0.6 is 0 Å². The molecule has 1 heterocycles. The quantitative estimate of drug-likeness (QED) is 0.798. The van der Waals surface area contributed by atoms with E-state index in [-0.39, 0.29) is 23.2 Å². The number of nitrogens with zero attached hydrogens (tertiary/aromatic N) is 1. The Balaban J connectivity index is 2.20. The van der Waals surface area contributed by atoms with Crippen molar-refractivity contribution in [2.24, 2.45) is 22.7 Å². The highest BCUT2D eigenvalue weighted by atomic mass is 16.6. The molecular weight excluding hydrogens is 336 g/mol. The lowest BCUT2D eigenvalue weighted by atomic mass is 9.85. The van der Waals surface area contributed by atoms with E-state index in [9.17, 15) is 19.5 Å². The van der Waals surface area contributed by atoms with Gasteiger partial charge in [0.2, 0.25) is 5.91 Å². The fourth-order valence-electron chi connectivity index (χ4n) is 4.04. The van der Waals surface area contributed by atoms with Crippen LogP contribution in [-0.4, -0.2) is 52.2 Å². The molecule has 1 saturated heterocycles. The number of amides is 2. The predicted molar refractivity (Wildman–Crippen MR) is 96.5 cm³/mol. The van der Waals surface area contributed by atoms with Crippen LogP contribution < -0.4 is 5.32 Å². The molecule has 1 aliphatic carbocycles. The zero-order chi connectivity index (χ0) is 20.2. The van der Waals surface area contributed by atoms with E-state index in [4.69, 9.17) is 4.74 Å². The molecule has 0 aromatic heterocycles. The van der Waals surface area contributed by atoms with Gasteiger partial charge < -0.3 is 20.1 Å². The second kappa shape index (κ2) is 6.13. The number of likely N-dealkylation sites (tertiary alicyclic amines) is 1. The minimum absolute atomic E-state index is 0.0360. The summed E-state index contributed by atoms with van der Waals surface area (Å²) >= 11 is 0. The molecule has 148 valence electrons. The maximum absolute atomic E-state index is 13.2. The van der Waals surface area contributed by atoms with Gasteiger partial charge in [-0.2, -0.15) is 0 Å². The van der Waals surface area contributed by atoms with Crippen molar-refractivity contribution < 1.29 is 24.2 Å². The van der Waals surface area contributed by atoms with E-state index in [1.54, 1.807) is 20.8 Å². The molecule has 7 heteroatoms. The van der Waals surface area contributed by atoms with E-state index in [2.05, 4.69) is 5.32 Å². The van der Waals surface area contributed by atoms with Crippen LogP contribution in [0.4, 0.5) is 4.79 Å². The zero-order valence-electron chi connectivity index (χ0n) is 17.0. The first-order valence-electron chi connectivity index (χ1n) is 9.10. The molecule has 2 fully saturated rings. The van der Waals surface area contributed by atoms with Crippen molar-refractivity contribution in [1.29, 1.82) is 0 Å². The molecule has 2 rings (SSSR count). The molecular formula is C19H32N2O5. The summed E-state index contributed by atoms with van der Waals surface area (Å²) in [5.41, 5.74) is -1.33. The highest BCUT2D eigenvalue weighted by molar-refractivity contribution is 5.91. The molecule has 2 N–H and O–H groups in total. The van der Waals surface area contributed by atoms with Gasteiger partial charge >= 0.3 is 12.1 Å². The number of rotatable bonds is 3. The van der Waals surface area contributed by atoms with Gasteiger partial charge in [-0.3, -0.25) is 4.79 Å². The van der Waals surface area contributed by atoms with E-state index >= 15 is 0 Å². The van der Waals surface area contributed by atoms with Crippen LogP contribution in [0.5, 0.6) is 0 Å². The van der Waals surface area contributed by atoms with E-state index in [0.717, 1.165) is 0 Å². The second-order valence-corrected chi connectivity index (χ2v) is 10.2. The van der Waals surface area contributed by atoms with Crippen LogP contribution in [0.2, 0.25) is 0 Å². The van der Waals surface area contributed by atoms with Crippen molar-refractivity contribution in [3.63, 3.8) is 0 Å². The van der Waals surface area contributed by atoms with Crippen molar-refractivity contribution >= 4 is 18.0 Å². The van der Waals surface area contributed by atoms with Crippen LogP contribution in [0.3, 0.4) is 0 Å². The number of carbonyl (C=O) groups excluding carboxylic acids is 2. The van der Waals surface area contributed by atoms with Gasteiger partial charge in [0.15, 0.2) is 0 Å². The normalized spacial score (nSPS) is 28.2. The fourth-order valence-corrected chi connectivity index (χ4v) is 4.04. The molecule has 4 unspecified atom stereocenters. The number of carboxylic acids is 1. The molecule has 2 aliphatic rings. The predicted octanol–water partition coefficient (Wildman–Crippen LogP) is 2.49. The first-order chi connectivity index (χ1) is 11.6. The number of hydrogen-bond acceptors (Lipinski definition) is 4. The first-order valence-corrected chi connectivity index (χ1v) is 9.10. The largest absolute Gasteiger partial charge is 0.480 e. The molecule has 0 aromatic rings. The monoisotopic (exact) mass is 368 g/mol. The molecule has 0 spiro atoms. The van der Waals surface area contributed by atoms with Crippen LogP contribution in [0, 0.1) is 22.7 Å². The van der Waals surface area contributed by atoms with Gasteiger partial charge in [-0.1, -0.05) is 34.6 Å². The number of aliphatic carboxylic acids is 1. The Hall–Kier alpha value is -1.79. The topological polar surface area (TPSA) is 95.9 Å². The lowest BCUT2D eigenvalue weighted by Crippen LogP contribution is -2.58. The van der Waals surface area contributed by atoms with Gasteiger partial charge in [-0.05, 0) is 37.5 Å². The van der Waals surface area contributed by atoms with Gasteiger partial charge in [0.1, 0.15) is 17.7 Å². The summed E-state index contributed by atoms with van der Waals surface area (Å²) in [5.74, 6) is -1.19. The van der Waals surface area contributed by atoms with Crippen LogP contribution in [0.15, 0.2) is 0 Å². The third-order valence-corrected chi connectivity index (χ3v) is 5.52. The lowest BCUT2D eigenvalue weighted by Gasteiger charge is -2.37. The SMILES string of the molecule is CC(C)(C)OC(=O)NC(C(=O)N1CC2C(C1C(=O)O)C2(C)C)C(C)(C)C. The molecule has 0 bridgehead atoms. The fraction of sp³-hybridized carbons (Fsp3) is 0.842. The van der Waals surface area contributed by atoms with Crippen molar-refractivity contribution in [3.05, 3.63) is 0 Å². The Morgan fingerprint density at radius 2 is 1.69 bits per heavy atom. The van der Waals surface area contributed by atoms with Gasteiger partial charge in [0, 0.05) is 12.5 Å². The summed E-state index contributed by atoms with van der Waals surface area (Å²) in [4.78, 5) is 38.6. The molecule has 0 radical (unpaired) electrons. The highest BCUT2D eigenvalue weighted by Crippen LogP contribution is 2.65. The Labute approximate surface area is 155 Å². The number of piperidine rings is 1. The Kier molecular flexibility index (Phi) is 4.84. The molecule has 26 heavy (non-hydrogen) atoms. The van der Waals surface area contributed by atoms with E-state index in [1.807, 2.05) is 34.6 Å². The van der Waals surface area contributed by atoms with E-state index in [0.29, 0.717) is 6.54 Å². The third kappa shape index (κ3) is 3.81. The number of hydrogen-bond donors (Lipinski definition) is 2. The van der Waals surface area contributed by atoms with E-state index < -0.39 is 35.2 Å².